The van der Waals surface area contributed by atoms with Gasteiger partial charge >= 0.3 is 0 Å². The number of hydrogen-bond acceptors (Lipinski definition) is 3. The zero-order chi connectivity index (χ0) is 11.4. The third-order valence-electron chi connectivity index (χ3n) is 2.99. The molecular weight excluding hydrogens is 222 g/mol. The second kappa shape index (κ2) is 5.48. The standard InChI is InChI=1S/C12H18ClN3/c1-10-9-11(15-12(13)14-10)16-7-5-3-2-4-6-8-16/h9H,2-8H2,1H3. The van der Waals surface area contributed by atoms with Crippen molar-refractivity contribution in [1.82, 2.24) is 9.97 Å². The molecule has 16 heavy (non-hydrogen) atoms. The van der Waals surface area contributed by atoms with Gasteiger partial charge in [-0.3, -0.25) is 0 Å². The van der Waals surface area contributed by atoms with Gasteiger partial charge in [-0.05, 0) is 31.4 Å². The van der Waals surface area contributed by atoms with E-state index >= 15 is 0 Å². The molecule has 0 saturated carbocycles. The van der Waals surface area contributed by atoms with Gasteiger partial charge in [-0.2, -0.15) is 0 Å². The van der Waals surface area contributed by atoms with Gasteiger partial charge in [0.05, 0.1) is 0 Å². The van der Waals surface area contributed by atoms with Crippen molar-refractivity contribution in [2.75, 3.05) is 18.0 Å². The lowest BCUT2D eigenvalue weighted by molar-refractivity contribution is 0.553. The van der Waals surface area contributed by atoms with E-state index in [0.717, 1.165) is 24.6 Å². The Morgan fingerprint density at radius 1 is 1.06 bits per heavy atom. The first-order valence-electron chi connectivity index (χ1n) is 6.02. The highest BCUT2D eigenvalue weighted by Crippen LogP contribution is 2.19. The normalized spacial score (nSPS) is 18.0. The summed E-state index contributed by atoms with van der Waals surface area (Å²) in [6.07, 6.45) is 6.53. The molecule has 1 aromatic heterocycles. The molecule has 1 aliphatic rings. The first kappa shape index (κ1) is 11.6. The summed E-state index contributed by atoms with van der Waals surface area (Å²) in [5, 5.41) is 0.358. The van der Waals surface area contributed by atoms with Gasteiger partial charge in [0, 0.05) is 24.8 Å². The fraction of sp³-hybridized carbons (Fsp3) is 0.667. The lowest BCUT2D eigenvalue weighted by atomic mass is 10.1. The molecule has 2 heterocycles. The summed E-state index contributed by atoms with van der Waals surface area (Å²) in [4.78, 5) is 10.7. The fourth-order valence-electron chi connectivity index (χ4n) is 2.15. The zero-order valence-electron chi connectivity index (χ0n) is 9.75. The number of rotatable bonds is 1. The number of aryl methyl sites for hydroxylation is 1. The maximum absolute atomic E-state index is 5.89. The Kier molecular flexibility index (Phi) is 3.99. The third kappa shape index (κ3) is 3.08. The van der Waals surface area contributed by atoms with Crippen molar-refractivity contribution in [2.24, 2.45) is 0 Å². The number of anilines is 1. The molecule has 0 aromatic carbocycles. The third-order valence-corrected chi connectivity index (χ3v) is 3.16. The fourth-order valence-corrected chi connectivity index (χ4v) is 2.37. The summed E-state index contributed by atoms with van der Waals surface area (Å²) in [7, 11) is 0. The van der Waals surface area contributed by atoms with E-state index in [1.807, 2.05) is 13.0 Å². The minimum absolute atomic E-state index is 0.358. The van der Waals surface area contributed by atoms with Gasteiger partial charge in [0.1, 0.15) is 5.82 Å². The number of nitrogens with zero attached hydrogens (tertiary/aromatic N) is 3. The molecule has 1 aromatic rings. The molecule has 0 aliphatic carbocycles. The van der Waals surface area contributed by atoms with Crippen LogP contribution in [0.15, 0.2) is 6.07 Å². The van der Waals surface area contributed by atoms with Crippen molar-refractivity contribution >= 4 is 17.4 Å². The topological polar surface area (TPSA) is 29.0 Å². The highest BCUT2D eigenvalue weighted by Gasteiger charge is 2.11. The van der Waals surface area contributed by atoms with E-state index in [0.29, 0.717) is 5.28 Å². The predicted molar refractivity (Wildman–Crippen MR) is 67.1 cm³/mol. The van der Waals surface area contributed by atoms with Crippen molar-refractivity contribution < 1.29 is 0 Å². The van der Waals surface area contributed by atoms with Crippen molar-refractivity contribution in [2.45, 2.75) is 39.0 Å². The van der Waals surface area contributed by atoms with Crippen LogP contribution in [0, 0.1) is 6.92 Å². The number of hydrogen-bond donors (Lipinski definition) is 0. The van der Waals surface area contributed by atoms with E-state index in [1.165, 1.54) is 32.1 Å². The summed E-state index contributed by atoms with van der Waals surface area (Å²) in [5.74, 6) is 0.986. The van der Waals surface area contributed by atoms with Gasteiger partial charge in [-0.15, -0.1) is 0 Å². The van der Waals surface area contributed by atoms with Crippen LogP contribution in [0.2, 0.25) is 5.28 Å². The second-order valence-corrected chi connectivity index (χ2v) is 4.73. The van der Waals surface area contributed by atoms with Gasteiger partial charge in [-0.1, -0.05) is 19.3 Å². The average Bonchev–Trinajstić information content (AvgIpc) is 2.14. The Labute approximate surface area is 102 Å². The van der Waals surface area contributed by atoms with Crippen LogP contribution in [-0.2, 0) is 0 Å². The summed E-state index contributed by atoms with van der Waals surface area (Å²) in [6, 6.07) is 2.02. The SMILES string of the molecule is Cc1cc(N2CCCCCCC2)nc(Cl)n1. The highest BCUT2D eigenvalue weighted by molar-refractivity contribution is 6.28. The quantitative estimate of drug-likeness (QED) is 0.705. The van der Waals surface area contributed by atoms with Crippen molar-refractivity contribution in [3.63, 3.8) is 0 Å². The van der Waals surface area contributed by atoms with Gasteiger partial charge in [0.2, 0.25) is 5.28 Å². The summed E-state index contributed by atoms with van der Waals surface area (Å²) in [6.45, 7) is 4.14. The Morgan fingerprint density at radius 3 is 2.31 bits per heavy atom. The molecule has 0 unspecified atom stereocenters. The van der Waals surface area contributed by atoms with E-state index in [9.17, 15) is 0 Å². The minimum Gasteiger partial charge on any atom is -0.356 e. The first-order valence-corrected chi connectivity index (χ1v) is 6.39. The van der Waals surface area contributed by atoms with Gasteiger partial charge in [0.25, 0.3) is 0 Å². The van der Waals surface area contributed by atoms with Crippen LogP contribution >= 0.6 is 11.6 Å². The van der Waals surface area contributed by atoms with Crippen LogP contribution in [-0.4, -0.2) is 23.1 Å². The summed E-state index contributed by atoms with van der Waals surface area (Å²) < 4.78 is 0. The molecule has 1 fully saturated rings. The van der Waals surface area contributed by atoms with Crippen molar-refractivity contribution in [3.8, 4) is 0 Å². The molecule has 1 aliphatic heterocycles. The van der Waals surface area contributed by atoms with E-state index in [2.05, 4.69) is 14.9 Å². The molecule has 0 bridgehead atoms. The lowest BCUT2D eigenvalue weighted by Crippen LogP contribution is -2.28. The molecule has 88 valence electrons. The first-order chi connectivity index (χ1) is 7.75. The smallest absolute Gasteiger partial charge is 0.224 e. The van der Waals surface area contributed by atoms with Crippen molar-refractivity contribution in [3.05, 3.63) is 17.0 Å². The average molecular weight is 240 g/mol. The molecule has 4 heteroatoms. The van der Waals surface area contributed by atoms with Gasteiger partial charge < -0.3 is 4.90 Å². The summed E-state index contributed by atoms with van der Waals surface area (Å²) in [5.41, 5.74) is 0.942. The molecule has 0 radical (unpaired) electrons. The maximum atomic E-state index is 5.89. The molecule has 2 rings (SSSR count). The molecular formula is C12H18ClN3. The minimum atomic E-state index is 0.358. The number of aromatic nitrogens is 2. The van der Waals surface area contributed by atoms with Gasteiger partial charge in [-0.25, -0.2) is 9.97 Å². The second-order valence-electron chi connectivity index (χ2n) is 4.39. The molecule has 0 N–H and O–H groups in total. The predicted octanol–water partition coefficient (Wildman–Crippen LogP) is 3.21. The summed E-state index contributed by atoms with van der Waals surface area (Å²) >= 11 is 5.89. The molecule has 3 nitrogen and oxygen atoms in total. The van der Waals surface area contributed by atoms with E-state index in [-0.39, 0.29) is 0 Å². The number of halogens is 1. The molecule has 0 spiro atoms. The largest absolute Gasteiger partial charge is 0.356 e. The Bertz CT molecular complexity index is 326. The Morgan fingerprint density at radius 2 is 1.69 bits per heavy atom. The molecule has 0 amide bonds. The van der Waals surface area contributed by atoms with Crippen LogP contribution in [0.4, 0.5) is 5.82 Å². The van der Waals surface area contributed by atoms with Crippen molar-refractivity contribution in [1.29, 1.82) is 0 Å². The van der Waals surface area contributed by atoms with E-state index in [4.69, 9.17) is 11.6 Å². The molecule has 1 saturated heterocycles. The van der Waals surface area contributed by atoms with Crippen LogP contribution in [0.1, 0.15) is 37.8 Å². The van der Waals surface area contributed by atoms with Crippen LogP contribution < -0.4 is 4.90 Å². The zero-order valence-corrected chi connectivity index (χ0v) is 10.5. The van der Waals surface area contributed by atoms with E-state index in [1.54, 1.807) is 0 Å². The maximum Gasteiger partial charge on any atom is 0.224 e. The monoisotopic (exact) mass is 239 g/mol. The highest BCUT2D eigenvalue weighted by atomic mass is 35.5. The molecule has 0 atom stereocenters. The Hall–Kier alpha value is -0.830. The van der Waals surface area contributed by atoms with E-state index < -0.39 is 0 Å². The van der Waals surface area contributed by atoms with Gasteiger partial charge in [0.15, 0.2) is 0 Å². The van der Waals surface area contributed by atoms with Crippen LogP contribution in [0.5, 0.6) is 0 Å². The van der Waals surface area contributed by atoms with Crippen LogP contribution in [0.25, 0.3) is 0 Å². The van der Waals surface area contributed by atoms with Crippen LogP contribution in [0.3, 0.4) is 0 Å². The lowest BCUT2D eigenvalue weighted by Gasteiger charge is -2.25. The Balaban J connectivity index is 2.13.